The predicted octanol–water partition coefficient (Wildman–Crippen LogP) is 3.19. The Hall–Kier alpha value is -0.770. The number of hydrogen-bond donors (Lipinski definition) is 2. The van der Waals surface area contributed by atoms with Crippen molar-refractivity contribution in [3.8, 4) is 0 Å². The van der Waals surface area contributed by atoms with Crippen molar-refractivity contribution < 1.29 is 5.11 Å². The number of hydrogen-bond acceptors (Lipinski definition) is 3. The maximum Gasteiger partial charge on any atom is 0.0653 e. The van der Waals surface area contributed by atoms with Crippen molar-refractivity contribution in [2.45, 2.75) is 51.8 Å². The maximum atomic E-state index is 10.00. The Balaban J connectivity index is 2.02. The van der Waals surface area contributed by atoms with Crippen molar-refractivity contribution in [3.63, 3.8) is 0 Å². The Morgan fingerprint density at radius 3 is 2.55 bits per heavy atom. The van der Waals surface area contributed by atoms with Gasteiger partial charge in [-0.15, -0.1) is 0 Å². The molecule has 0 aromatic heterocycles. The van der Waals surface area contributed by atoms with Gasteiger partial charge in [0, 0.05) is 36.4 Å². The molecule has 4 heteroatoms. The molecule has 0 radical (unpaired) electrons. The van der Waals surface area contributed by atoms with Crippen molar-refractivity contribution >= 4 is 17.3 Å². The Labute approximate surface area is 126 Å². The van der Waals surface area contributed by atoms with Gasteiger partial charge in [0.25, 0.3) is 0 Å². The van der Waals surface area contributed by atoms with Crippen LogP contribution < -0.4 is 10.2 Å². The summed E-state index contributed by atoms with van der Waals surface area (Å²) in [4.78, 5) is 2.30. The fourth-order valence-corrected chi connectivity index (χ4v) is 2.68. The zero-order valence-corrected chi connectivity index (χ0v) is 13.4. The minimum Gasteiger partial charge on any atom is -0.390 e. The number of nitrogens with zero attached hydrogens (tertiary/aromatic N) is 1. The summed E-state index contributed by atoms with van der Waals surface area (Å²) in [6.07, 6.45) is 1.61. The Morgan fingerprint density at radius 1 is 1.35 bits per heavy atom. The van der Waals surface area contributed by atoms with E-state index in [-0.39, 0.29) is 0 Å². The van der Waals surface area contributed by atoms with Gasteiger partial charge in [-0.25, -0.2) is 0 Å². The molecule has 1 aromatic carbocycles. The number of piperidine rings is 1. The molecule has 0 amide bonds. The summed E-state index contributed by atoms with van der Waals surface area (Å²) < 4.78 is 0. The van der Waals surface area contributed by atoms with Crippen molar-refractivity contribution in [2.24, 2.45) is 0 Å². The second kappa shape index (κ2) is 6.33. The Bertz CT molecular complexity index is 450. The summed E-state index contributed by atoms with van der Waals surface area (Å²) in [5.41, 5.74) is 1.77. The molecule has 0 saturated carbocycles. The van der Waals surface area contributed by atoms with Crippen LogP contribution in [0.5, 0.6) is 0 Å². The van der Waals surface area contributed by atoms with Crippen LogP contribution in [0.25, 0.3) is 0 Å². The van der Waals surface area contributed by atoms with Crippen LogP contribution in [-0.4, -0.2) is 29.8 Å². The van der Waals surface area contributed by atoms with E-state index >= 15 is 0 Å². The summed E-state index contributed by atoms with van der Waals surface area (Å²) in [6.45, 7) is 8.73. The summed E-state index contributed by atoms with van der Waals surface area (Å²) >= 11 is 6.37. The van der Waals surface area contributed by atoms with Gasteiger partial charge in [0.1, 0.15) is 0 Å². The number of halogens is 1. The highest BCUT2D eigenvalue weighted by molar-refractivity contribution is 6.31. The van der Waals surface area contributed by atoms with Crippen LogP contribution in [0.1, 0.15) is 39.2 Å². The van der Waals surface area contributed by atoms with E-state index < -0.39 is 5.60 Å². The van der Waals surface area contributed by atoms with E-state index in [1.165, 1.54) is 0 Å². The van der Waals surface area contributed by atoms with Gasteiger partial charge >= 0.3 is 0 Å². The van der Waals surface area contributed by atoms with Gasteiger partial charge in [-0.1, -0.05) is 31.5 Å². The highest BCUT2D eigenvalue weighted by Crippen LogP contribution is 2.29. The van der Waals surface area contributed by atoms with Gasteiger partial charge in [-0.05, 0) is 37.5 Å². The molecule has 0 atom stereocenters. The lowest BCUT2D eigenvalue weighted by atomic mass is 9.93. The first-order valence-corrected chi connectivity index (χ1v) is 7.74. The molecule has 0 spiro atoms. The molecule has 1 aromatic rings. The Kier molecular flexibility index (Phi) is 4.95. The maximum absolute atomic E-state index is 10.00. The SMILES string of the molecule is CC(C)NCc1ccc(N2CCC(C)(O)CC2)cc1Cl. The number of aliphatic hydroxyl groups is 1. The molecule has 2 rings (SSSR count). The average molecular weight is 297 g/mol. The quantitative estimate of drug-likeness (QED) is 0.896. The van der Waals surface area contributed by atoms with Gasteiger partial charge < -0.3 is 15.3 Å². The highest BCUT2D eigenvalue weighted by Gasteiger charge is 2.27. The third-order valence-electron chi connectivity index (χ3n) is 3.94. The molecule has 20 heavy (non-hydrogen) atoms. The minimum absolute atomic E-state index is 0.454. The smallest absolute Gasteiger partial charge is 0.0653 e. The van der Waals surface area contributed by atoms with E-state index in [2.05, 4.69) is 36.2 Å². The third-order valence-corrected chi connectivity index (χ3v) is 4.30. The van der Waals surface area contributed by atoms with E-state index in [0.29, 0.717) is 6.04 Å². The number of nitrogens with one attached hydrogen (secondary N) is 1. The third kappa shape index (κ3) is 4.11. The average Bonchev–Trinajstić information content (AvgIpc) is 2.37. The highest BCUT2D eigenvalue weighted by atomic mass is 35.5. The summed E-state index contributed by atoms with van der Waals surface area (Å²) in [5.74, 6) is 0. The van der Waals surface area contributed by atoms with Crippen LogP contribution in [0.3, 0.4) is 0 Å². The lowest BCUT2D eigenvalue weighted by Crippen LogP contribution is -2.42. The first-order chi connectivity index (χ1) is 9.37. The van der Waals surface area contributed by atoms with E-state index in [1.54, 1.807) is 0 Å². The molecule has 0 bridgehead atoms. The summed E-state index contributed by atoms with van der Waals surface area (Å²) in [5, 5.41) is 14.2. The molecule has 1 fully saturated rings. The standard InChI is InChI=1S/C16H25ClN2O/c1-12(2)18-11-13-4-5-14(10-15(13)17)19-8-6-16(3,20)7-9-19/h4-5,10,12,18,20H,6-9,11H2,1-3H3. The lowest BCUT2D eigenvalue weighted by Gasteiger charge is -2.37. The normalized spacial score (nSPS) is 18.6. The van der Waals surface area contributed by atoms with Gasteiger partial charge in [0.15, 0.2) is 0 Å². The second-order valence-corrected chi connectivity index (χ2v) is 6.70. The van der Waals surface area contributed by atoms with Crippen molar-refractivity contribution in [1.82, 2.24) is 5.32 Å². The van der Waals surface area contributed by atoms with Gasteiger partial charge in [-0.2, -0.15) is 0 Å². The van der Waals surface area contributed by atoms with Gasteiger partial charge in [0.2, 0.25) is 0 Å². The Morgan fingerprint density at radius 2 is 2.00 bits per heavy atom. The van der Waals surface area contributed by atoms with E-state index in [1.807, 2.05) is 13.0 Å². The summed E-state index contributed by atoms with van der Waals surface area (Å²) in [6, 6.07) is 6.72. The van der Waals surface area contributed by atoms with Crippen LogP contribution in [0.15, 0.2) is 18.2 Å². The van der Waals surface area contributed by atoms with Crippen LogP contribution in [0.2, 0.25) is 5.02 Å². The van der Waals surface area contributed by atoms with Crippen molar-refractivity contribution in [3.05, 3.63) is 28.8 Å². The number of benzene rings is 1. The predicted molar refractivity (Wildman–Crippen MR) is 85.5 cm³/mol. The monoisotopic (exact) mass is 296 g/mol. The van der Waals surface area contributed by atoms with Crippen LogP contribution in [0.4, 0.5) is 5.69 Å². The molecule has 1 saturated heterocycles. The molecule has 0 aliphatic carbocycles. The zero-order valence-electron chi connectivity index (χ0n) is 12.6. The fourth-order valence-electron chi connectivity index (χ4n) is 2.44. The zero-order chi connectivity index (χ0) is 14.8. The second-order valence-electron chi connectivity index (χ2n) is 6.30. The van der Waals surface area contributed by atoms with Crippen LogP contribution in [0, 0.1) is 0 Å². The molecular weight excluding hydrogens is 272 g/mol. The molecule has 0 unspecified atom stereocenters. The molecule has 1 aliphatic rings. The van der Waals surface area contributed by atoms with Gasteiger partial charge in [-0.3, -0.25) is 0 Å². The van der Waals surface area contributed by atoms with Crippen molar-refractivity contribution in [1.29, 1.82) is 0 Å². The molecular formula is C16H25ClN2O. The lowest BCUT2D eigenvalue weighted by molar-refractivity contribution is 0.0351. The first kappa shape index (κ1) is 15.6. The van der Waals surface area contributed by atoms with E-state index in [4.69, 9.17) is 11.6 Å². The topological polar surface area (TPSA) is 35.5 Å². The molecule has 1 aliphatic heterocycles. The van der Waals surface area contributed by atoms with E-state index in [9.17, 15) is 5.11 Å². The number of rotatable bonds is 4. The number of anilines is 1. The fraction of sp³-hybridized carbons (Fsp3) is 0.625. The van der Waals surface area contributed by atoms with Gasteiger partial charge in [0.05, 0.1) is 5.60 Å². The van der Waals surface area contributed by atoms with Crippen LogP contribution in [-0.2, 0) is 6.54 Å². The molecule has 112 valence electrons. The minimum atomic E-state index is -0.512. The van der Waals surface area contributed by atoms with Crippen molar-refractivity contribution in [2.75, 3.05) is 18.0 Å². The first-order valence-electron chi connectivity index (χ1n) is 7.36. The van der Waals surface area contributed by atoms with Crippen LogP contribution >= 0.6 is 11.6 Å². The molecule has 2 N–H and O–H groups in total. The molecule has 1 heterocycles. The summed E-state index contributed by atoms with van der Waals surface area (Å²) in [7, 11) is 0. The molecule has 3 nitrogen and oxygen atoms in total. The largest absolute Gasteiger partial charge is 0.390 e. The van der Waals surface area contributed by atoms with E-state index in [0.717, 1.165) is 48.7 Å².